The molecule has 2 aromatic rings. The topological polar surface area (TPSA) is 112 Å². The van der Waals surface area contributed by atoms with Gasteiger partial charge in [-0.05, 0) is 49.6 Å². The van der Waals surface area contributed by atoms with Crippen molar-refractivity contribution in [2.75, 3.05) is 57.8 Å². The third-order valence-corrected chi connectivity index (χ3v) is 6.10. The van der Waals surface area contributed by atoms with Crippen LogP contribution in [0.2, 0.25) is 0 Å². The molecule has 10 heteroatoms. The van der Waals surface area contributed by atoms with E-state index < -0.39 is 0 Å². The lowest BCUT2D eigenvalue weighted by atomic mass is 9.95. The van der Waals surface area contributed by atoms with Crippen molar-refractivity contribution in [2.45, 2.75) is 26.7 Å². The molecule has 2 saturated heterocycles. The molecule has 186 valence electrons. The van der Waals surface area contributed by atoms with E-state index in [0.717, 1.165) is 43.8 Å². The van der Waals surface area contributed by atoms with E-state index in [-0.39, 0.29) is 12.4 Å². The number of likely N-dealkylation sites (tertiary alicyclic amines) is 1. The van der Waals surface area contributed by atoms with Crippen LogP contribution in [-0.4, -0.2) is 90.3 Å². The van der Waals surface area contributed by atoms with E-state index in [0.29, 0.717) is 49.8 Å². The van der Waals surface area contributed by atoms with Crippen LogP contribution in [0.4, 0.5) is 6.01 Å². The SMILES string of the molecule is COc1ccc(-c2noc(N3CCN(C(=O)C4CCCN(CC(C)C)C4)CC3)n2)cc1.O=CO. The Bertz CT molecular complexity index is 909. The van der Waals surface area contributed by atoms with E-state index in [2.05, 4.69) is 33.8 Å². The summed E-state index contributed by atoms with van der Waals surface area (Å²) in [4.78, 5) is 32.5. The first-order chi connectivity index (χ1) is 16.4. The lowest BCUT2D eigenvalue weighted by Gasteiger charge is -2.38. The highest BCUT2D eigenvalue weighted by Gasteiger charge is 2.32. The molecule has 2 aliphatic rings. The molecule has 1 aromatic carbocycles. The van der Waals surface area contributed by atoms with Gasteiger partial charge in [0.1, 0.15) is 5.75 Å². The zero-order valence-corrected chi connectivity index (χ0v) is 20.2. The number of ether oxygens (including phenoxy) is 1. The Morgan fingerprint density at radius 3 is 2.50 bits per heavy atom. The summed E-state index contributed by atoms with van der Waals surface area (Å²) in [5, 5.41) is 11.0. The number of piperazine rings is 1. The predicted octanol–water partition coefficient (Wildman–Crippen LogP) is 2.46. The summed E-state index contributed by atoms with van der Waals surface area (Å²) in [5.74, 6) is 2.42. The Kier molecular flexibility index (Phi) is 9.26. The number of hydrogen-bond donors (Lipinski definition) is 1. The molecular weight excluding hydrogens is 438 g/mol. The molecule has 1 aromatic heterocycles. The van der Waals surface area contributed by atoms with Gasteiger partial charge in [-0.3, -0.25) is 9.59 Å². The Labute approximate surface area is 200 Å². The molecule has 0 spiro atoms. The molecule has 1 N–H and O–H groups in total. The van der Waals surface area contributed by atoms with Gasteiger partial charge in [0, 0.05) is 44.8 Å². The summed E-state index contributed by atoms with van der Waals surface area (Å²) < 4.78 is 10.7. The minimum atomic E-state index is -0.250. The van der Waals surface area contributed by atoms with Crippen molar-refractivity contribution in [1.29, 1.82) is 0 Å². The molecular formula is C24H35N5O5. The van der Waals surface area contributed by atoms with Crippen LogP contribution in [0.15, 0.2) is 28.8 Å². The molecule has 3 heterocycles. The summed E-state index contributed by atoms with van der Waals surface area (Å²) in [6, 6.07) is 8.10. The summed E-state index contributed by atoms with van der Waals surface area (Å²) in [7, 11) is 1.64. The summed E-state index contributed by atoms with van der Waals surface area (Å²) >= 11 is 0. The zero-order valence-electron chi connectivity index (χ0n) is 20.2. The fourth-order valence-corrected chi connectivity index (χ4v) is 4.52. The third kappa shape index (κ3) is 6.69. The highest BCUT2D eigenvalue weighted by molar-refractivity contribution is 5.79. The van der Waals surface area contributed by atoms with Gasteiger partial charge in [-0.25, -0.2) is 0 Å². The van der Waals surface area contributed by atoms with Crippen molar-refractivity contribution in [3.63, 3.8) is 0 Å². The van der Waals surface area contributed by atoms with Crippen molar-refractivity contribution < 1.29 is 24.0 Å². The van der Waals surface area contributed by atoms with Gasteiger partial charge in [0.25, 0.3) is 6.47 Å². The number of hydrogen-bond acceptors (Lipinski definition) is 8. The van der Waals surface area contributed by atoms with Crippen LogP contribution < -0.4 is 9.64 Å². The molecule has 34 heavy (non-hydrogen) atoms. The standard InChI is InChI=1S/C23H33N5O3.CH2O2/c1-17(2)15-26-10-4-5-19(16-26)22(29)27-11-13-28(14-12-27)23-24-21(25-31-23)18-6-8-20(30-3)9-7-18;2-1-3/h6-9,17,19H,4-5,10-16H2,1-3H3;1H,(H,2,3). The van der Waals surface area contributed by atoms with Crippen LogP contribution in [0.5, 0.6) is 5.75 Å². The summed E-state index contributed by atoms with van der Waals surface area (Å²) in [6.45, 7) is 10.1. The molecule has 0 bridgehead atoms. The fourth-order valence-electron chi connectivity index (χ4n) is 4.52. The van der Waals surface area contributed by atoms with Crippen molar-refractivity contribution in [3.05, 3.63) is 24.3 Å². The first-order valence-electron chi connectivity index (χ1n) is 11.8. The Morgan fingerprint density at radius 2 is 1.88 bits per heavy atom. The van der Waals surface area contributed by atoms with Crippen LogP contribution >= 0.6 is 0 Å². The maximum atomic E-state index is 13.1. The molecule has 1 amide bonds. The van der Waals surface area contributed by atoms with E-state index in [1.54, 1.807) is 7.11 Å². The molecule has 1 atom stereocenters. The van der Waals surface area contributed by atoms with Gasteiger partial charge in [0.05, 0.1) is 13.0 Å². The molecule has 0 saturated carbocycles. The average Bonchev–Trinajstić information content (AvgIpc) is 3.34. The minimum absolute atomic E-state index is 0.129. The number of rotatable bonds is 6. The van der Waals surface area contributed by atoms with Crippen molar-refractivity contribution >= 4 is 18.4 Å². The smallest absolute Gasteiger partial charge is 0.324 e. The second kappa shape index (κ2) is 12.4. The third-order valence-electron chi connectivity index (χ3n) is 6.10. The summed E-state index contributed by atoms with van der Waals surface area (Å²) in [6.07, 6.45) is 2.11. The fraction of sp³-hybridized carbons (Fsp3) is 0.583. The molecule has 1 unspecified atom stereocenters. The Balaban J connectivity index is 0.00000103. The summed E-state index contributed by atoms with van der Waals surface area (Å²) in [5.41, 5.74) is 0.882. The van der Waals surface area contributed by atoms with Crippen molar-refractivity contribution in [1.82, 2.24) is 19.9 Å². The van der Waals surface area contributed by atoms with Crippen LogP contribution in [0.25, 0.3) is 11.4 Å². The number of aromatic nitrogens is 2. The van der Waals surface area contributed by atoms with Gasteiger partial charge in [0.15, 0.2) is 0 Å². The van der Waals surface area contributed by atoms with Gasteiger partial charge in [-0.15, -0.1) is 0 Å². The lowest BCUT2D eigenvalue weighted by molar-refractivity contribution is -0.137. The monoisotopic (exact) mass is 473 g/mol. The number of piperidine rings is 1. The van der Waals surface area contributed by atoms with E-state index in [1.165, 1.54) is 0 Å². The first kappa shape index (κ1) is 25.5. The second-order valence-electron chi connectivity index (χ2n) is 9.04. The molecule has 10 nitrogen and oxygen atoms in total. The number of anilines is 1. The molecule has 0 radical (unpaired) electrons. The maximum Gasteiger partial charge on any atom is 0.324 e. The molecule has 4 rings (SSSR count). The number of carbonyl (C=O) groups excluding carboxylic acids is 1. The van der Waals surface area contributed by atoms with E-state index >= 15 is 0 Å². The number of nitrogens with zero attached hydrogens (tertiary/aromatic N) is 5. The second-order valence-corrected chi connectivity index (χ2v) is 9.04. The minimum Gasteiger partial charge on any atom is -0.497 e. The van der Waals surface area contributed by atoms with Crippen LogP contribution in [0, 0.1) is 11.8 Å². The van der Waals surface area contributed by atoms with Crippen LogP contribution in [0.3, 0.4) is 0 Å². The highest BCUT2D eigenvalue weighted by atomic mass is 16.5. The molecule has 2 fully saturated rings. The first-order valence-corrected chi connectivity index (χ1v) is 11.8. The van der Waals surface area contributed by atoms with Gasteiger partial charge in [-0.1, -0.05) is 19.0 Å². The average molecular weight is 474 g/mol. The van der Waals surface area contributed by atoms with Gasteiger partial charge in [0.2, 0.25) is 11.7 Å². The van der Waals surface area contributed by atoms with Crippen molar-refractivity contribution in [2.24, 2.45) is 11.8 Å². The van der Waals surface area contributed by atoms with Gasteiger partial charge >= 0.3 is 6.01 Å². The van der Waals surface area contributed by atoms with Crippen LogP contribution in [0.1, 0.15) is 26.7 Å². The van der Waals surface area contributed by atoms with Crippen molar-refractivity contribution in [3.8, 4) is 17.1 Å². The molecule has 2 aliphatic heterocycles. The lowest BCUT2D eigenvalue weighted by Crippen LogP contribution is -2.52. The quantitative estimate of drug-likeness (QED) is 0.632. The number of carbonyl (C=O) groups is 2. The predicted molar refractivity (Wildman–Crippen MR) is 128 cm³/mol. The Hall–Kier alpha value is -3.14. The number of benzene rings is 1. The van der Waals surface area contributed by atoms with E-state index in [4.69, 9.17) is 19.2 Å². The van der Waals surface area contributed by atoms with Gasteiger partial charge in [-0.2, -0.15) is 4.98 Å². The normalized spacial score (nSPS) is 18.9. The van der Waals surface area contributed by atoms with Crippen LogP contribution in [-0.2, 0) is 9.59 Å². The molecule has 0 aliphatic carbocycles. The largest absolute Gasteiger partial charge is 0.497 e. The van der Waals surface area contributed by atoms with Gasteiger partial charge < -0.3 is 29.1 Å². The number of carboxylic acid groups (broad SMARTS) is 1. The maximum absolute atomic E-state index is 13.1. The number of amides is 1. The van der Waals surface area contributed by atoms with E-state index in [1.807, 2.05) is 29.2 Å². The Morgan fingerprint density at radius 1 is 1.21 bits per heavy atom. The number of methoxy groups -OCH3 is 1. The van der Waals surface area contributed by atoms with E-state index in [9.17, 15) is 4.79 Å². The zero-order chi connectivity index (χ0) is 24.5. The highest BCUT2D eigenvalue weighted by Crippen LogP contribution is 2.24.